The van der Waals surface area contributed by atoms with Crippen molar-refractivity contribution in [2.24, 2.45) is 0 Å². The minimum Gasteiger partial charge on any atom is -0.497 e. The molecule has 0 saturated carbocycles. The molecule has 0 aromatic heterocycles. The SMILES string of the molecule is CCCCCOc1ccc(C(=O)NNC(=O)COc2ccc(OC)cc2)cc1. The fraction of sp³-hybridized carbons (Fsp3) is 0.333. The van der Waals surface area contributed by atoms with E-state index < -0.39 is 11.8 Å². The molecule has 0 fully saturated rings. The van der Waals surface area contributed by atoms with Crippen LogP contribution in [0, 0.1) is 0 Å². The topological polar surface area (TPSA) is 85.9 Å². The average molecular weight is 386 g/mol. The fourth-order valence-corrected chi connectivity index (χ4v) is 2.30. The van der Waals surface area contributed by atoms with Crippen molar-refractivity contribution in [1.29, 1.82) is 0 Å². The summed E-state index contributed by atoms with van der Waals surface area (Å²) in [6.07, 6.45) is 3.27. The van der Waals surface area contributed by atoms with Crippen LogP contribution in [0.1, 0.15) is 36.5 Å². The summed E-state index contributed by atoms with van der Waals surface area (Å²) in [4.78, 5) is 23.9. The maximum Gasteiger partial charge on any atom is 0.276 e. The van der Waals surface area contributed by atoms with Gasteiger partial charge in [0.05, 0.1) is 13.7 Å². The highest BCUT2D eigenvalue weighted by Crippen LogP contribution is 2.16. The first-order valence-corrected chi connectivity index (χ1v) is 9.21. The number of benzene rings is 2. The summed E-state index contributed by atoms with van der Waals surface area (Å²) in [7, 11) is 1.57. The molecule has 0 heterocycles. The third-order valence-corrected chi connectivity index (χ3v) is 3.88. The molecule has 2 amide bonds. The van der Waals surface area contributed by atoms with Gasteiger partial charge in [-0.15, -0.1) is 0 Å². The normalized spacial score (nSPS) is 10.1. The van der Waals surface area contributed by atoms with Gasteiger partial charge in [0, 0.05) is 5.56 Å². The average Bonchev–Trinajstić information content (AvgIpc) is 2.74. The Hall–Kier alpha value is -3.22. The molecule has 0 aliphatic heterocycles. The summed E-state index contributed by atoms with van der Waals surface area (Å²) in [6, 6.07) is 13.6. The highest BCUT2D eigenvalue weighted by molar-refractivity contribution is 5.95. The summed E-state index contributed by atoms with van der Waals surface area (Å²) in [5.41, 5.74) is 5.08. The molecule has 28 heavy (non-hydrogen) atoms. The molecular formula is C21H26N2O5. The van der Waals surface area contributed by atoms with Crippen LogP contribution in [0.25, 0.3) is 0 Å². The highest BCUT2D eigenvalue weighted by atomic mass is 16.5. The van der Waals surface area contributed by atoms with Gasteiger partial charge in [-0.3, -0.25) is 20.4 Å². The largest absolute Gasteiger partial charge is 0.497 e. The molecule has 0 bridgehead atoms. The van der Waals surface area contributed by atoms with Crippen LogP contribution in [-0.4, -0.2) is 32.1 Å². The minimum absolute atomic E-state index is 0.225. The van der Waals surface area contributed by atoms with Crippen LogP contribution >= 0.6 is 0 Å². The lowest BCUT2D eigenvalue weighted by Crippen LogP contribution is -2.43. The monoisotopic (exact) mass is 386 g/mol. The van der Waals surface area contributed by atoms with Gasteiger partial charge in [0.25, 0.3) is 11.8 Å². The molecular weight excluding hydrogens is 360 g/mol. The molecule has 2 aromatic rings. The maximum absolute atomic E-state index is 12.1. The van der Waals surface area contributed by atoms with Crippen molar-refractivity contribution >= 4 is 11.8 Å². The minimum atomic E-state index is -0.472. The zero-order valence-corrected chi connectivity index (χ0v) is 16.2. The summed E-state index contributed by atoms with van der Waals surface area (Å²) in [6.45, 7) is 2.57. The Morgan fingerprint density at radius 1 is 0.821 bits per heavy atom. The van der Waals surface area contributed by atoms with E-state index in [9.17, 15) is 9.59 Å². The molecule has 0 aliphatic rings. The van der Waals surface area contributed by atoms with Gasteiger partial charge >= 0.3 is 0 Å². The standard InChI is InChI=1S/C21H26N2O5/c1-3-4-5-14-27-18-8-6-16(7-9-18)21(25)23-22-20(24)15-28-19-12-10-17(26-2)11-13-19/h6-13H,3-5,14-15H2,1-2H3,(H,22,24)(H,23,25). The second-order valence-electron chi connectivity index (χ2n) is 6.05. The number of hydrogen-bond donors (Lipinski definition) is 2. The Kier molecular flexibility index (Phi) is 8.65. The first-order chi connectivity index (χ1) is 13.6. The van der Waals surface area contributed by atoms with E-state index in [0.717, 1.165) is 19.3 Å². The smallest absolute Gasteiger partial charge is 0.276 e. The zero-order chi connectivity index (χ0) is 20.2. The lowest BCUT2D eigenvalue weighted by molar-refractivity contribution is -0.123. The molecule has 7 nitrogen and oxygen atoms in total. The number of methoxy groups -OCH3 is 1. The molecule has 2 N–H and O–H groups in total. The quantitative estimate of drug-likeness (QED) is 0.484. The molecule has 0 spiro atoms. The summed E-state index contributed by atoms with van der Waals surface area (Å²) >= 11 is 0. The number of carbonyl (C=O) groups is 2. The van der Waals surface area contributed by atoms with Crippen LogP contribution in [0.15, 0.2) is 48.5 Å². The van der Waals surface area contributed by atoms with Gasteiger partial charge in [0.15, 0.2) is 6.61 Å². The molecule has 0 unspecified atom stereocenters. The predicted molar refractivity (Wildman–Crippen MR) is 106 cm³/mol. The van der Waals surface area contributed by atoms with Crippen molar-refractivity contribution in [2.45, 2.75) is 26.2 Å². The molecule has 150 valence electrons. The number of rotatable bonds is 10. The number of amides is 2. The Morgan fingerprint density at radius 3 is 2.07 bits per heavy atom. The van der Waals surface area contributed by atoms with Crippen LogP contribution in [0.2, 0.25) is 0 Å². The van der Waals surface area contributed by atoms with Crippen molar-refractivity contribution in [3.63, 3.8) is 0 Å². The van der Waals surface area contributed by atoms with Crippen molar-refractivity contribution in [2.75, 3.05) is 20.3 Å². The summed E-state index contributed by atoms with van der Waals surface area (Å²) < 4.78 is 16.0. The number of hydrazine groups is 1. The number of hydrogen-bond acceptors (Lipinski definition) is 5. The van der Waals surface area contributed by atoms with E-state index in [1.165, 1.54) is 0 Å². The van der Waals surface area contributed by atoms with Gasteiger partial charge in [-0.2, -0.15) is 0 Å². The third kappa shape index (κ3) is 7.19. The van der Waals surface area contributed by atoms with Gasteiger partial charge in [-0.05, 0) is 55.0 Å². The zero-order valence-electron chi connectivity index (χ0n) is 16.2. The van der Waals surface area contributed by atoms with E-state index in [1.807, 2.05) is 0 Å². The van der Waals surface area contributed by atoms with Crippen LogP contribution in [0.5, 0.6) is 17.2 Å². The van der Waals surface area contributed by atoms with Crippen LogP contribution < -0.4 is 25.1 Å². The number of unbranched alkanes of at least 4 members (excludes halogenated alkanes) is 2. The summed E-state index contributed by atoms with van der Waals surface area (Å²) in [5, 5.41) is 0. The van der Waals surface area contributed by atoms with Gasteiger partial charge in [0.1, 0.15) is 17.2 Å². The molecule has 2 rings (SSSR count). The molecule has 0 radical (unpaired) electrons. The highest BCUT2D eigenvalue weighted by Gasteiger charge is 2.08. The fourth-order valence-electron chi connectivity index (χ4n) is 2.30. The van der Waals surface area contributed by atoms with Gasteiger partial charge in [-0.1, -0.05) is 19.8 Å². The van der Waals surface area contributed by atoms with Crippen molar-refractivity contribution in [3.8, 4) is 17.2 Å². The van der Waals surface area contributed by atoms with E-state index in [4.69, 9.17) is 14.2 Å². The maximum atomic E-state index is 12.1. The number of carbonyl (C=O) groups excluding carboxylic acids is 2. The summed E-state index contributed by atoms with van der Waals surface area (Å²) in [5.74, 6) is 1.04. The lowest BCUT2D eigenvalue weighted by Gasteiger charge is -2.10. The third-order valence-electron chi connectivity index (χ3n) is 3.88. The van der Waals surface area contributed by atoms with E-state index >= 15 is 0 Å². The van der Waals surface area contributed by atoms with Gasteiger partial charge in [0.2, 0.25) is 0 Å². The van der Waals surface area contributed by atoms with Crippen molar-refractivity contribution < 1.29 is 23.8 Å². The second kappa shape index (κ2) is 11.5. The number of nitrogens with one attached hydrogen (secondary N) is 2. The molecule has 0 saturated heterocycles. The number of ether oxygens (including phenoxy) is 3. The predicted octanol–water partition coefficient (Wildman–Crippen LogP) is 3.10. The van der Waals surface area contributed by atoms with E-state index in [0.29, 0.717) is 29.4 Å². The Morgan fingerprint density at radius 2 is 1.43 bits per heavy atom. The molecule has 7 heteroatoms. The Balaban J connectivity index is 1.70. The van der Waals surface area contributed by atoms with Gasteiger partial charge < -0.3 is 14.2 Å². The van der Waals surface area contributed by atoms with Crippen LogP contribution in [0.3, 0.4) is 0 Å². The Labute approximate surface area is 165 Å². The second-order valence-corrected chi connectivity index (χ2v) is 6.05. The van der Waals surface area contributed by atoms with Crippen LogP contribution in [-0.2, 0) is 4.79 Å². The van der Waals surface area contributed by atoms with Gasteiger partial charge in [-0.25, -0.2) is 0 Å². The van der Waals surface area contributed by atoms with Crippen molar-refractivity contribution in [1.82, 2.24) is 10.9 Å². The van der Waals surface area contributed by atoms with E-state index in [2.05, 4.69) is 17.8 Å². The van der Waals surface area contributed by atoms with E-state index in [1.54, 1.807) is 55.6 Å². The first-order valence-electron chi connectivity index (χ1n) is 9.21. The Bertz CT molecular complexity index is 744. The lowest BCUT2D eigenvalue weighted by atomic mass is 10.2. The van der Waals surface area contributed by atoms with Crippen molar-refractivity contribution in [3.05, 3.63) is 54.1 Å². The molecule has 0 atom stereocenters. The first kappa shape index (κ1) is 21.1. The van der Waals surface area contributed by atoms with E-state index in [-0.39, 0.29) is 6.61 Å². The molecule has 2 aromatic carbocycles. The van der Waals surface area contributed by atoms with Crippen LogP contribution in [0.4, 0.5) is 0 Å². The molecule has 0 aliphatic carbocycles.